The predicted octanol–water partition coefficient (Wildman–Crippen LogP) is 4.77. The number of fused-ring (bicyclic) bond motifs is 1. The molecule has 0 fully saturated rings. The van der Waals surface area contributed by atoms with E-state index in [-0.39, 0.29) is 5.78 Å². The van der Waals surface area contributed by atoms with Gasteiger partial charge in [0.05, 0.1) is 5.52 Å². The Kier molecular flexibility index (Phi) is 5.29. The largest absolute Gasteiger partial charge is 0.299 e. The lowest BCUT2D eigenvalue weighted by atomic mass is 9.98. The van der Waals surface area contributed by atoms with Crippen molar-refractivity contribution in [1.29, 1.82) is 0 Å². The lowest BCUT2D eigenvalue weighted by Gasteiger charge is -2.06. The van der Waals surface area contributed by atoms with Crippen LogP contribution < -0.4 is 0 Å². The topological polar surface area (TPSA) is 47.8 Å². The minimum Gasteiger partial charge on any atom is -0.299 e. The molecular weight excluding hydrogens is 346 g/mol. The lowest BCUT2D eigenvalue weighted by molar-refractivity contribution is -0.118. The van der Waals surface area contributed by atoms with Crippen LogP contribution in [-0.4, -0.2) is 20.5 Å². The Morgan fingerprint density at radius 1 is 1.00 bits per heavy atom. The van der Waals surface area contributed by atoms with Gasteiger partial charge in [-0.05, 0) is 47.2 Å². The first-order valence-electron chi connectivity index (χ1n) is 9.61. The Labute approximate surface area is 164 Å². The minimum absolute atomic E-state index is 0.271. The molecule has 2 aromatic carbocycles. The Morgan fingerprint density at radius 2 is 1.86 bits per heavy atom. The van der Waals surface area contributed by atoms with E-state index in [2.05, 4.69) is 46.6 Å². The van der Waals surface area contributed by atoms with Crippen molar-refractivity contribution in [2.24, 2.45) is 7.05 Å². The van der Waals surface area contributed by atoms with Gasteiger partial charge in [0.1, 0.15) is 5.78 Å². The van der Waals surface area contributed by atoms with Crippen molar-refractivity contribution in [3.05, 3.63) is 84.3 Å². The van der Waals surface area contributed by atoms with Gasteiger partial charge < -0.3 is 0 Å². The number of Topliss-reactive ketones (excluding diaryl/α,β-unsaturated/α-hetero) is 1. The highest BCUT2D eigenvalue weighted by Gasteiger charge is 2.07. The van der Waals surface area contributed by atoms with Crippen molar-refractivity contribution < 1.29 is 4.79 Å². The van der Waals surface area contributed by atoms with Gasteiger partial charge in [-0.1, -0.05) is 42.5 Å². The number of hydrogen-bond acceptors (Lipinski definition) is 3. The Morgan fingerprint density at radius 3 is 2.64 bits per heavy atom. The first-order chi connectivity index (χ1) is 13.7. The Balaban J connectivity index is 1.36. The summed E-state index contributed by atoms with van der Waals surface area (Å²) in [5.41, 5.74) is 5.65. The van der Waals surface area contributed by atoms with Crippen molar-refractivity contribution in [3.63, 3.8) is 0 Å². The fourth-order valence-corrected chi connectivity index (χ4v) is 3.57. The SMILES string of the molecule is Cn1cc2c(-c3ccc(CCCC(=O)Cc4cccnc4)cc3)cccc2n1. The van der Waals surface area contributed by atoms with Crippen LogP contribution in [0.1, 0.15) is 24.0 Å². The van der Waals surface area contributed by atoms with E-state index in [4.69, 9.17) is 0 Å². The average molecular weight is 369 g/mol. The van der Waals surface area contributed by atoms with E-state index in [0.29, 0.717) is 12.8 Å². The van der Waals surface area contributed by atoms with Crippen LogP contribution >= 0.6 is 0 Å². The summed E-state index contributed by atoms with van der Waals surface area (Å²) in [7, 11) is 1.95. The number of ketones is 1. The molecule has 4 rings (SSSR count). The second-order valence-corrected chi connectivity index (χ2v) is 7.17. The third-order valence-corrected chi connectivity index (χ3v) is 4.97. The molecule has 0 amide bonds. The van der Waals surface area contributed by atoms with Gasteiger partial charge in [-0.3, -0.25) is 14.5 Å². The van der Waals surface area contributed by atoms with Crippen molar-refractivity contribution >= 4 is 16.7 Å². The van der Waals surface area contributed by atoms with Crippen LogP contribution in [0, 0.1) is 0 Å². The van der Waals surface area contributed by atoms with E-state index < -0.39 is 0 Å². The molecule has 0 saturated heterocycles. The van der Waals surface area contributed by atoms with Crippen LogP contribution in [0.15, 0.2) is 73.2 Å². The van der Waals surface area contributed by atoms with Crippen LogP contribution in [0.5, 0.6) is 0 Å². The highest BCUT2D eigenvalue weighted by molar-refractivity contribution is 5.94. The minimum atomic E-state index is 0.271. The summed E-state index contributed by atoms with van der Waals surface area (Å²) in [5.74, 6) is 0.271. The average Bonchev–Trinajstić information content (AvgIpc) is 3.09. The quantitative estimate of drug-likeness (QED) is 0.471. The molecule has 0 saturated carbocycles. The fourth-order valence-electron chi connectivity index (χ4n) is 3.57. The molecule has 0 bridgehead atoms. The predicted molar refractivity (Wildman–Crippen MR) is 112 cm³/mol. The standard InChI is InChI=1S/C24H23N3O/c1-27-17-23-22(8-3-9-24(23)26-27)20-12-10-18(11-13-20)5-2-7-21(28)15-19-6-4-14-25-16-19/h3-4,6,8-14,16-17H,2,5,7,15H2,1H3. The molecule has 0 atom stereocenters. The monoisotopic (exact) mass is 369 g/mol. The van der Waals surface area contributed by atoms with Gasteiger partial charge >= 0.3 is 0 Å². The van der Waals surface area contributed by atoms with Gasteiger partial charge in [-0.25, -0.2) is 0 Å². The van der Waals surface area contributed by atoms with Crippen LogP contribution in [0.25, 0.3) is 22.0 Å². The van der Waals surface area contributed by atoms with Crippen molar-refractivity contribution in [3.8, 4) is 11.1 Å². The van der Waals surface area contributed by atoms with E-state index in [1.807, 2.05) is 36.0 Å². The van der Waals surface area contributed by atoms with Crippen molar-refractivity contribution in [2.75, 3.05) is 0 Å². The molecule has 0 radical (unpaired) electrons. The van der Waals surface area contributed by atoms with Gasteiger partial charge in [0.15, 0.2) is 0 Å². The summed E-state index contributed by atoms with van der Waals surface area (Å²) in [6.45, 7) is 0. The molecule has 0 spiro atoms. The summed E-state index contributed by atoms with van der Waals surface area (Å²) in [6.07, 6.45) is 8.42. The van der Waals surface area contributed by atoms with Gasteiger partial charge in [0.2, 0.25) is 0 Å². The van der Waals surface area contributed by atoms with E-state index in [9.17, 15) is 4.79 Å². The Hall–Kier alpha value is -3.27. The number of rotatable bonds is 7. The fraction of sp³-hybridized carbons (Fsp3) is 0.208. The normalized spacial score (nSPS) is 11.0. The zero-order chi connectivity index (χ0) is 19.3. The molecule has 0 unspecified atom stereocenters. The molecule has 28 heavy (non-hydrogen) atoms. The van der Waals surface area contributed by atoms with Gasteiger partial charge in [-0.15, -0.1) is 0 Å². The molecule has 4 heteroatoms. The molecule has 0 aliphatic heterocycles. The zero-order valence-corrected chi connectivity index (χ0v) is 16.0. The first kappa shape index (κ1) is 18.1. The highest BCUT2D eigenvalue weighted by Crippen LogP contribution is 2.28. The number of aromatic nitrogens is 3. The second kappa shape index (κ2) is 8.17. The van der Waals surface area contributed by atoms with Crippen molar-refractivity contribution in [2.45, 2.75) is 25.7 Å². The van der Waals surface area contributed by atoms with Gasteiger partial charge in [0.25, 0.3) is 0 Å². The number of hydrogen-bond donors (Lipinski definition) is 0. The summed E-state index contributed by atoms with van der Waals surface area (Å²) in [5, 5.41) is 5.65. The molecule has 4 nitrogen and oxygen atoms in total. The third-order valence-electron chi connectivity index (χ3n) is 4.97. The van der Waals surface area contributed by atoms with Gasteiger partial charge in [0, 0.05) is 43.9 Å². The van der Waals surface area contributed by atoms with Gasteiger partial charge in [-0.2, -0.15) is 5.10 Å². The van der Waals surface area contributed by atoms with E-state index in [1.165, 1.54) is 22.1 Å². The molecule has 2 aromatic heterocycles. The number of pyridine rings is 1. The van der Waals surface area contributed by atoms with E-state index in [0.717, 1.165) is 23.9 Å². The number of carbonyl (C=O) groups is 1. The third kappa shape index (κ3) is 4.17. The smallest absolute Gasteiger partial charge is 0.137 e. The summed E-state index contributed by atoms with van der Waals surface area (Å²) >= 11 is 0. The maximum atomic E-state index is 12.1. The summed E-state index contributed by atoms with van der Waals surface area (Å²) in [4.78, 5) is 16.2. The van der Waals surface area contributed by atoms with Crippen LogP contribution in [-0.2, 0) is 24.7 Å². The highest BCUT2D eigenvalue weighted by atomic mass is 16.1. The number of carbonyl (C=O) groups excluding carboxylic acids is 1. The molecule has 0 aliphatic carbocycles. The van der Waals surface area contributed by atoms with Crippen LogP contribution in [0.2, 0.25) is 0 Å². The molecular formula is C24H23N3O. The molecule has 4 aromatic rings. The Bertz CT molecular complexity index is 1080. The number of aryl methyl sites for hydroxylation is 2. The van der Waals surface area contributed by atoms with Crippen LogP contribution in [0.4, 0.5) is 0 Å². The van der Waals surface area contributed by atoms with E-state index >= 15 is 0 Å². The maximum Gasteiger partial charge on any atom is 0.137 e. The molecule has 140 valence electrons. The molecule has 0 aliphatic rings. The second-order valence-electron chi connectivity index (χ2n) is 7.17. The molecule has 2 heterocycles. The summed E-state index contributed by atoms with van der Waals surface area (Å²) < 4.78 is 1.85. The summed E-state index contributed by atoms with van der Waals surface area (Å²) in [6, 6.07) is 18.7. The zero-order valence-electron chi connectivity index (χ0n) is 16.0. The molecule has 0 N–H and O–H groups in total. The van der Waals surface area contributed by atoms with Crippen LogP contribution in [0.3, 0.4) is 0 Å². The van der Waals surface area contributed by atoms with Crippen molar-refractivity contribution in [1.82, 2.24) is 14.8 Å². The lowest BCUT2D eigenvalue weighted by Crippen LogP contribution is -2.03. The number of benzene rings is 2. The first-order valence-corrected chi connectivity index (χ1v) is 9.61. The maximum absolute atomic E-state index is 12.1. The van der Waals surface area contributed by atoms with E-state index in [1.54, 1.807) is 12.4 Å². The number of nitrogens with zero attached hydrogens (tertiary/aromatic N) is 3.